The Kier molecular flexibility index (Phi) is 6.26. The first-order valence-electron chi connectivity index (χ1n) is 8.60. The summed E-state index contributed by atoms with van der Waals surface area (Å²) in [4.78, 5) is 12.2. The van der Waals surface area contributed by atoms with Crippen LogP contribution in [0.1, 0.15) is 5.56 Å². The number of carbonyl (C=O) groups excluding carboxylic acids is 1. The number of hydrogen-bond donors (Lipinski definition) is 1. The summed E-state index contributed by atoms with van der Waals surface area (Å²) in [5.74, 6) is -0.0121. The zero-order valence-corrected chi connectivity index (χ0v) is 15.8. The van der Waals surface area contributed by atoms with Gasteiger partial charge in [0.15, 0.2) is 6.61 Å². The van der Waals surface area contributed by atoms with Crippen LogP contribution >= 0.6 is 0 Å². The standard InChI is InChI=1S/C19H19N3O5S/c20-13-15-2-1-3-16(12-15)21-19(23)14-27-17-4-6-18(7-5-17)28(24,25)22-8-10-26-11-9-22/h1-7,12H,8-11,14H2,(H,21,23). The van der Waals surface area contributed by atoms with Crippen LogP contribution in [0, 0.1) is 11.3 Å². The third-order valence-corrected chi connectivity index (χ3v) is 5.99. The summed E-state index contributed by atoms with van der Waals surface area (Å²) >= 11 is 0. The molecular formula is C19H19N3O5S. The first kappa shape index (κ1) is 19.8. The highest BCUT2D eigenvalue weighted by Crippen LogP contribution is 2.20. The Morgan fingerprint density at radius 1 is 1.18 bits per heavy atom. The molecule has 0 saturated carbocycles. The predicted octanol–water partition coefficient (Wildman–Crippen LogP) is 1.60. The molecule has 0 aliphatic carbocycles. The zero-order valence-electron chi connectivity index (χ0n) is 15.0. The number of amides is 1. The summed E-state index contributed by atoms with van der Waals surface area (Å²) in [5, 5.41) is 11.5. The molecule has 0 bridgehead atoms. The first-order valence-corrected chi connectivity index (χ1v) is 10.0. The van der Waals surface area contributed by atoms with E-state index in [1.54, 1.807) is 24.3 Å². The molecule has 0 aromatic heterocycles. The molecule has 1 fully saturated rings. The number of anilines is 1. The highest BCUT2D eigenvalue weighted by molar-refractivity contribution is 7.89. The van der Waals surface area contributed by atoms with Crippen LogP contribution < -0.4 is 10.1 Å². The van der Waals surface area contributed by atoms with Gasteiger partial charge in [-0.3, -0.25) is 4.79 Å². The van der Waals surface area contributed by atoms with Crippen molar-refractivity contribution in [1.29, 1.82) is 5.26 Å². The van der Waals surface area contributed by atoms with E-state index in [0.717, 1.165) is 0 Å². The van der Waals surface area contributed by atoms with Crippen molar-refractivity contribution in [1.82, 2.24) is 4.31 Å². The van der Waals surface area contributed by atoms with Gasteiger partial charge >= 0.3 is 0 Å². The number of carbonyl (C=O) groups is 1. The largest absolute Gasteiger partial charge is 0.484 e. The Bertz CT molecular complexity index is 977. The van der Waals surface area contributed by atoms with Gasteiger partial charge in [0.05, 0.1) is 29.7 Å². The molecule has 0 radical (unpaired) electrons. The molecule has 28 heavy (non-hydrogen) atoms. The van der Waals surface area contributed by atoms with E-state index in [0.29, 0.717) is 43.3 Å². The van der Waals surface area contributed by atoms with Crippen LogP contribution in [-0.2, 0) is 19.6 Å². The molecule has 2 aromatic rings. The summed E-state index contributed by atoms with van der Waals surface area (Å²) in [6.07, 6.45) is 0. The predicted molar refractivity (Wildman–Crippen MR) is 101 cm³/mol. The second-order valence-corrected chi connectivity index (χ2v) is 7.96. The van der Waals surface area contributed by atoms with Gasteiger partial charge < -0.3 is 14.8 Å². The smallest absolute Gasteiger partial charge is 0.262 e. The number of nitrogens with one attached hydrogen (secondary N) is 1. The number of sulfonamides is 1. The van der Waals surface area contributed by atoms with E-state index in [1.807, 2.05) is 6.07 Å². The van der Waals surface area contributed by atoms with Gasteiger partial charge in [0.2, 0.25) is 10.0 Å². The Labute approximate surface area is 163 Å². The fourth-order valence-corrected chi connectivity index (χ4v) is 4.06. The molecule has 1 amide bonds. The third kappa shape index (κ3) is 4.86. The van der Waals surface area contributed by atoms with E-state index < -0.39 is 10.0 Å². The van der Waals surface area contributed by atoms with Crippen LogP contribution in [0.25, 0.3) is 0 Å². The van der Waals surface area contributed by atoms with Crippen LogP contribution in [-0.4, -0.2) is 51.5 Å². The van der Waals surface area contributed by atoms with Crippen LogP contribution in [0.3, 0.4) is 0 Å². The molecule has 1 heterocycles. The number of rotatable bonds is 6. The maximum atomic E-state index is 12.6. The minimum Gasteiger partial charge on any atom is -0.484 e. The third-order valence-electron chi connectivity index (χ3n) is 4.08. The second kappa shape index (κ2) is 8.84. The molecule has 3 rings (SSSR count). The number of nitrogens with zero attached hydrogens (tertiary/aromatic N) is 2. The van der Waals surface area contributed by atoms with E-state index in [1.165, 1.54) is 28.6 Å². The molecular weight excluding hydrogens is 382 g/mol. The summed E-state index contributed by atoms with van der Waals surface area (Å²) in [6.45, 7) is 1.17. The molecule has 0 spiro atoms. The van der Waals surface area contributed by atoms with Crippen LogP contribution in [0.4, 0.5) is 5.69 Å². The molecule has 1 N–H and O–H groups in total. The van der Waals surface area contributed by atoms with Gasteiger partial charge in [0.1, 0.15) is 5.75 Å². The lowest BCUT2D eigenvalue weighted by atomic mass is 10.2. The van der Waals surface area contributed by atoms with Gasteiger partial charge in [0.25, 0.3) is 5.91 Å². The van der Waals surface area contributed by atoms with Crippen molar-refractivity contribution >= 4 is 21.6 Å². The van der Waals surface area contributed by atoms with Gasteiger partial charge in [-0.05, 0) is 42.5 Å². The summed E-state index contributed by atoms with van der Waals surface area (Å²) in [6, 6.07) is 14.5. The van der Waals surface area contributed by atoms with Crippen molar-refractivity contribution in [3.8, 4) is 11.8 Å². The molecule has 1 aliphatic rings. The van der Waals surface area contributed by atoms with Gasteiger partial charge in [-0.15, -0.1) is 0 Å². The SMILES string of the molecule is N#Cc1cccc(NC(=O)COc2ccc(S(=O)(=O)N3CCOCC3)cc2)c1. The quantitative estimate of drug-likeness (QED) is 0.787. The highest BCUT2D eigenvalue weighted by Gasteiger charge is 2.26. The molecule has 1 aliphatic heterocycles. The Morgan fingerprint density at radius 2 is 1.89 bits per heavy atom. The van der Waals surface area contributed by atoms with Crippen molar-refractivity contribution < 1.29 is 22.7 Å². The number of hydrogen-bond acceptors (Lipinski definition) is 6. The maximum Gasteiger partial charge on any atom is 0.262 e. The normalized spacial score (nSPS) is 14.8. The summed E-state index contributed by atoms with van der Waals surface area (Å²) in [7, 11) is -3.57. The molecule has 2 aromatic carbocycles. The maximum absolute atomic E-state index is 12.6. The van der Waals surface area contributed by atoms with Gasteiger partial charge in [-0.2, -0.15) is 9.57 Å². The Balaban J connectivity index is 1.56. The highest BCUT2D eigenvalue weighted by atomic mass is 32.2. The van der Waals surface area contributed by atoms with Crippen molar-refractivity contribution in [3.63, 3.8) is 0 Å². The fraction of sp³-hybridized carbons (Fsp3) is 0.263. The molecule has 9 heteroatoms. The Hall–Kier alpha value is -2.93. The number of benzene rings is 2. The molecule has 146 valence electrons. The lowest BCUT2D eigenvalue weighted by Gasteiger charge is -2.26. The number of morpholine rings is 1. The first-order chi connectivity index (χ1) is 13.5. The van der Waals surface area contributed by atoms with E-state index in [2.05, 4.69) is 5.32 Å². The van der Waals surface area contributed by atoms with E-state index in [9.17, 15) is 13.2 Å². The second-order valence-electron chi connectivity index (χ2n) is 6.02. The van der Waals surface area contributed by atoms with Gasteiger partial charge in [-0.1, -0.05) is 6.07 Å². The average molecular weight is 401 g/mol. The topological polar surface area (TPSA) is 109 Å². The van der Waals surface area contributed by atoms with Crippen molar-refractivity contribution in [2.45, 2.75) is 4.90 Å². The lowest BCUT2D eigenvalue weighted by molar-refractivity contribution is -0.118. The van der Waals surface area contributed by atoms with Crippen molar-refractivity contribution in [2.24, 2.45) is 0 Å². The van der Waals surface area contributed by atoms with E-state index in [-0.39, 0.29) is 17.4 Å². The average Bonchev–Trinajstić information content (AvgIpc) is 2.73. The minimum atomic E-state index is -3.57. The van der Waals surface area contributed by atoms with Crippen molar-refractivity contribution in [2.75, 3.05) is 38.2 Å². The van der Waals surface area contributed by atoms with Crippen molar-refractivity contribution in [3.05, 3.63) is 54.1 Å². The summed E-state index contributed by atoms with van der Waals surface area (Å²) in [5.41, 5.74) is 0.940. The summed E-state index contributed by atoms with van der Waals surface area (Å²) < 4.78 is 37.1. The van der Waals surface area contributed by atoms with E-state index in [4.69, 9.17) is 14.7 Å². The minimum absolute atomic E-state index is 0.166. The zero-order chi connectivity index (χ0) is 20.0. The molecule has 8 nitrogen and oxygen atoms in total. The van der Waals surface area contributed by atoms with E-state index >= 15 is 0 Å². The number of nitriles is 1. The molecule has 0 unspecified atom stereocenters. The van der Waals surface area contributed by atoms with Crippen LogP contribution in [0.2, 0.25) is 0 Å². The Morgan fingerprint density at radius 3 is 2.57 bits per heavy atom. The van der Waals surface area contributed by atoms with Crippen LogP contribution in [0.15, 0.2) is 53.4 Å². The van der Waals surface area contributed by atoms with Gasteiger partial charge in [-0.25, -0.2) is 8.42 Å². The molecule has 1 saturated heterocycles. The number of ether oxygens (including phenoxy) is 2. The monoisotopic (exact) mass is 401 g/mol. The lowest BCUT2D eigenvalue weighted by Crippen LogP contribution is -2.40. The molecule has 0 atom stereocenters. The van der Waals surface area contributed by atoms with Gasteiger partial charge in [0, 0.05) is 18.8 Å². The van der Waals surface area contributed by atoms with Crippen LogP contribution in [0.5, 0.6) is 5.75 Å². The fourth-order valence-electron chi connectivity index (χ4n) is 2.66.